The van der Waals surface area contributed by atoms with Crippen LogP contribution in [0.25, 0.3) is 0 Å². The number of thiophene rings is 1. The monoisotopic (exact) mass is 369 g/mol. The molecule has 2 aromatic rings. The SMILES string of the molecule is CCC(N)C(Sc1ccc(C)cc1C)c1ccc(Br)s1. The van der Waals surface area contributed by atoms with Gasteiger partial charge < -0.3 is 5.73 Å². The molecule has 4 heteroatoms. The van der Waals surface area contributed by atoms with Crippen molar-refractivity contribution in [2.45, 2.75) is 43.4 Å². The Bertz CT molecular complexity index is 580. The molecule has 2 atom stereocenters. The number of hydrogen-bond acceptors (Lipinski definition) is 3. The van der Waals surface area contributed by atoms with Gasteiger partial charge in [0.05, 0.1) is 9.04 Å². The molecular formula is C16H20BrNS2. The van der Waals surface area contributed by atoms with Crippen LogP contribution in [0.1, 0.15) is 34.6 Å². The van der Waals surface area contributed by atoms with Crippen LogP contribution >= 0.6 is 39.0 Å². The molecule has 0 spiro atoms. The molecule has 0 aliphatic heterocycles. The highest BCUT2D eigenvalue weighted by molar-refractivity contribution is 9.11. The van der Waals surface area contributed by atoms with Crippen LogP contribution in [0.4, 0.5) is 0 Å². The van der Waals surface area contributed by atoms with Crippen LogP contribution in [0, 0.1) is 13.8 Å². The highest BCUT2D eigenvalue weighted by Gasteiger charge is 2.22. The van der Waals surface area contributed by atoms with E-state index < -0.39 is 0 Å². The Labute approximate surface area is 138 Å². The number of aryl methyl sites for hydroxylation is 2. The lowest BCUT2D eigenvalue weighted by atomic mass is 10.1. The molecule has 0 aliphatic rings. The van der Waals surface area contributed by atoms with Crippen molar-refractivity contribution >= 4 is 39.0 Å². The van der Waals surface area contributed by atoms with E-state index >= 15 is 0 Å². The third-order valence-electron chi connectivity index (χ3n) is 3.32. The van der Waals surface area contributed by atoms with Crippen LogP contribution in [-0.2, 0) is 0 Å². The van der Waals surface area contributed by atoms with Gasteiger partial charge in [-0.25, -0.2) is 0 Å². The van der Waals surface area contributed by atoms with E-state index in [4.69, 9.17) is 5.73 Å². The molecule has 20 heavy (non-hydrogen) atoms. The van der Waals surface area contributed by atoms with Gasteiger partial charge in [0.1, 0.15) is 0 Å². The smallest absolute Gasteiger partial charge is 0.0701 e. The molecule has 1 aromatic heterocycles. The highest BCUT2D eigenvalue weighted by Crippen LogP contribution is 2.43. The predicted molar refractivity (Wildman–Crippen MR) is 94.8 cm³/mol. The van der Waals surface area contributed by atoms with E-state index in [0.29, 0.717) is 5.25 Å². The van der Waals surface area contributed by atoms with E-state index in [9.17, 15) is 0 Å². The zero-order valence-corrected chi connectivity index (χ0v) is 15.2. The lowest BCUT2D eigenvalue weighted by Gasteiger charge is -2.22. The average Bonchev–Trinajstić information content (AvgIpc) is 2.83. The fourth-order valence-corrected chi connectivity index (χ4v) is 5.12. The van der Waals surface area contributed by atoms with Crippen molar-refractivity contribution < 1.29 is 0 Å². The van der Waals surface area contributed by atoms with Crippen molar-refractivity contribution in [3.05, 3.63) is 50.1 Å². The maximum atomic E-state index is 6.36. The summed E-state index contributed by atoms with van der Waals surface area (Å²) in [5, 5.41) is 0.317. The molecule has 0 radical (unpaired) electrons. The molecule has 0 saturated carbocycles. The Balaban J connectivity index is 2.28. The van der Waals surface area contributed by atoms with E-state index in [1.165, 1.54) is 24.7 Å². The van der Waals surface area contributed by atoms with Crippen LogP contribution in [0.5, 0.6) is 0 Å². The van der Waals surface area contributed by atoms with E-state index in [1.54, 1.807) is 11.3 Å². The molecule has 2 unspecified atom stereocenters. The molecule has 1 aromatic carbocycles. The summed E-state index contributed by atoms with van der Waals surface area (Å²) >= 11 is 7.22. The average molecular weight is 370 g/mol. The molecule has 2 rings (SSSR count). The summed E-state index contributed by atoms with van der Waals surface area (Å²) in [5.41, 5.74) is 9.00. The molecule has 2 N–H and O–H groups in total. The molecule has 0 saturated heterocycles. The molecule has 0 fully saturated rings. The van der Waals surface area contributed by atoms with Crippen LogP contribution < -0.4 is 5.73 Å². The van der Waals surface area contributed by atoms with Gasteiger partial charge in [-0.3, -0.25) is 0 Å². The zero-order chi connectivity index (χ0) is 14.7. The van der Waals surface area contributed by atoms with E-state index in [-0.39, 0.29) is 6.04 Å². The third-order valence-corrected chi connectivity index (χ3v) is 6.74. The summed E-state index contributed by atoms with van der Waals surface area (Å²) in [5.74, 6) is 0. The minimum Gasteiger partial charge on any atom is -0.326 e. The van der Waals surface area contributed by atoms with Gasteiger partial charge in [-0.05, 0) is 60.0 Å². The van der Waals surface area contributed by atoms with Crippen molar-refractivity contribution in [2.75, 3.05) is 0 Å². The van der Waals surface area contributed by atoms with Crippen molar-refractivity contribution in [3.63, 3.8) is 0 Å². The fraction of sp³-hybridized carbons (Fsp3) is 0.375. The summed E-state index contributed by atoms with van der Waals surface area (Å²) in [4.78, 5) is 2.67. The Morgan fingerprint density at radius 3 is 2.55 bits per heavy atom. The molecule has 108 valence electrons. The molecule has 1 nitrogen and oxygen atoms in total. The zero-order valence-electron chi connectivity index (χ0n) is 12.0. The normalized spacial score (nSPS) is 14.2. The van der Waals surface area contributed by atoms with E-state index in [1.807, 2.05) is 11.8 Å². The van der Waals surface area contributed by atoms with E-state index in [2.05, 4.69) is 67.0 Å². The number of thioether (sulfide) groups is 1. The molecule has 1 heterocycles. The van der Waals surface area contributed by atoms with Gasteiger partial charge in [-0.15, -0.1) is 23.1 Å². The standard InChI is InChI=1S/C16H20BrNS2/c1-4-12(18)16(14-7-8-15(17)19-14)20-13-6-5-10(2)9-11(13)3/h5-9,12,16H,4,18H2,1-3H3. The highest BCUT2D eigenvalue weighted by atomic mass is 79.9. The first-order valence-corrected chi connectivity index (χ1v) is 9.25. The number of benzene rings is 1. The van der Waals surface area contributed by atoms with Gasteiger partial charge in [-0.1, -0.05) is 24.6 Å². The second-order valence-corrected chi connectivity index (χ2v) is 8.70. The van der Waals surface area contributed by atoms with Gasteiger partial charge in [0, 0.05) is 15.8 Å². The maximum absolute atomic E-state index is 6.36. The third kappa shape index (κ3) is 3.88. The largest absolute Gasteiger partial charge is 0.326 e. The number of rotatable bonds is 5. The number of nitrogens with two attached hydrogens (primary N) is 1. The summed E-state index contributed by atoms with van der Waals surface area (Å²) < 4.78 is 1.17. The minimum atomic E-state index is 0.172. The second kappa shape index (κ2) is 7.12. The lowest BCUT2D eigenvalue weighted by molar-refractivity contribution is 0.640. The van der Waals surface area contributed by atoms with Crippen LogP contribution in [0.2, 0.25) is 0 Å². The van der Waals surface area contributed by atoms with Gasteiger partial charge in [0.25, 0.3) is 0 Å². The van der Waals surface area contributed by atoms with Gasteiger partial charge in [0.15, 0.2) is 0 Å². The van der Waals surface area contributed by atoms with Crippen LogP contribution in [-0.4, -0.2) is 6.04 Å². The first-order chi connectivity index (χ1) is 9.51. The number of halogens is 1. The fourth-order valence-electron chi connectivity index (χ4n) is 2.12. The number of hydrogen-bond donors (Lipinski definition) is 1. The maximum Gasteiger partial charge on any atom is 0.0701 e. The Morgan fingerprint density at radius 1 is 1.25 bits per heavy atom. The van der Waals surface area contributed by atoms with Crippen molar-refractivity contribution in [1.82, 2.24) is 0 Å². The molecule has 0 amide bonds. The summed E-state index contributed by atoms with van der Waals surface area (Å²) in [7, 11) is 0. The van der Waals surface area contributed by atoms with Crippen molar-refractivity contribution in [2.24, 2.45) is 5.73 Å². The molecule has 0 bridgehead atoms. The second-order valence-electron chi connectivity index (χ2n) is 5.02. The molecule has 0 aliphatic carbocycles. The quantitative estimate of drug-likeness (QED) is 0.684. The summed E-state index contributed by atoms with van der Waals surface area (Å²) in [6, 6.07) is 11.1. The summed E-state index contributed by atoms with van der Waals surface area (Å²) in [6.07, 6.45) is 0.984. The van der Waals surface area contributed by atoms with E-state index in [0.717, 1.165) is 6.42 Å². The summed E-state index contributed by atoms with van der Waals surface area (Å²) in [6.45, 7) is 6.46. The van der Waals surface area contributed by atoms with Gasteiger partial charge in [-0.2, -0.15) is 0 Å². The van der Waals surface area contributed by atoms with Crippen LogP contribution in [0.3, 0.4) is 0 Å². The minimum absolute atomic E-state index is 0.172. The molecular weight excluding hydrogens is 350 g/mol. The van der Waals surface area contributed by atoms with Gasteiger partial charge >= 0.3 is 0 Å². The van der Waals surface area contributed by atoms with Crippen molar-refractivity contribution in [1.29, 1.82) is 0 Å². The van der Waals surface area contributed by atoms with Crippen LogP contribution in [0.15, 0.2) is 39.0 Å². The van der Waals surface area contributed by atoms with Gasteiger partial charge in [0.2, 0.25) is 0 Å². The predicted octanol–water partition coefficient (Wildman–Crippen LogP) is 5.70. The first-order valence-electron chi connectivity index (χ1n) is 6.76. The first kappa shape index (κ1) is 16.1. The Hall–Kier alpha value is -0.290. The lowest BCUT2D eigenvalue weighted by Crippen LogP contribution is -2.25. The Morgan fingerprint density at radius 2 is 2.00 bits per heavy atom. The van der Waals surface area contributed by atoms with Crippen molar-refractivity contribution in [3.8, 4) is 0 Å². The topological polar surface area (TPSA) is 26.0 Å². The Kier molecular flexibility index (Phi) is 5.73.